The van der Waals surface area contributed by atoms with E-state index in [0.29, 0.717) is 42.7 Å². The molecule has 5 N–H and O–H groups in total. The number of hydrogen-bond acceptors (Lipinski definition) is 4. The number of carbonyl (C=O) groups is 2. The average molecular weight is 431 g/mol. The molecule has 1 aromatic carbocycles. The van der Waals surface area contributed by atoms with Gasteiger partial charge in [-0.15, -0.1) is 0 Å². The van der Waals surface area contributed by atoms with Crippen molar-refractivity contribution in [1.29, 1.82) is 0 Å². The summed E-state index contributed by atoms with van der Waals surface area (Å²) in [5.41, 5.74) is 8.67. The molecule has 1 heterocycles. The summed E-state index contributed by atoms with van der Waals surface area (Å²) in [6, 6.07) is 11.0. The van der Waals surface area contributed by atoms with Crippen molar-refractivity contribution in [2.45, 2.75) is 32.2 Å². The van der Waals surface area contributed by atoms with E-state index < -0.39 is 6.09 Å². The molecular formula is C22H27ClN4O3. The van der Waals surface area contributed by atoms with E-state index in [1.807, 2.05) is 24.3 Å². The number of nitrogens with one attached hydrogen (secondary N) is 2. The third kappa shape index (κ3) is 6.18. The molecule has 0 saturated heterocycles. The van der Waals surface area contributed by atoms with Gasteiger partial charge in [0.15, 0.2) is 0 Å². The van der Waals surface area contributed by atoms with E-state index >= 15 is 0 Å². The summed E-state index contributed by atoms with van der Waals surface area (Å²) in [5.74, 6) is 0.595. The Kier molecular flexibility index (Phi) is 7.65. The van der Waals surface area contributed by atoms with Gasteiger partial charge in [0.25, 0.3) is 5.91 Å². The first-order valence-electron chi connectivity index (χ1n) is 10.2. The fourth-order valence-corrected chi connectivity index (χ4v) is 4.05. The van der Waals surface area contributed by atoms with E-state index in [0.717, 1.165) is 36.8 Å². The summed E-state index contributed by atoms with van der Waals surface area (Å²) < 4.78 is 0. The predicted molar refractivity (Wildman–Crippen MR) is 116 cm³/mol. The van der Waals surface area contributed by atoms with Crippen molar-refractivity contribution in [2.24, 2.45) is 17.6 Å². The van der Waals surface area contributed by atoms with Crippen LogP contribution in [0.1, 0.15) is 41.6 Å². The second-order valence-corrected chi connectivity index (χ2v) is 8.14. The maximum atomic E-state index is 12.7. The number of halogens is 1. The second-order valence-electron chi connectivity index (χ2n) is 7.75. The smallest absolute Gasteiger partial charge is 0.404 e. The van der Waals surface area contributed by atoms with E-state index in [1.54, 1.807) is 12.1 Å². The largest absolute Gasteiger partial charge is 0.465 e. The molecule has 160 valence electrons. The minimum atomic E-state index is -0.977. The highest BCUT2D eigenvalue weighted by Gasteiger charge is 2.22. The molecule has 8 heteroatoms. The highest BCUT2D eigenvalue weighted by molar-refractivity contribution is 6.30. The number of pyridine rings is 1. The summed E-state index contributed by atoms with van der Waals surface area (Å²) in [4.78, 5) is 27.7. The van der Waals surface area contributed by atoms with Crippen LogP contribution in [0.3, 0.4) is 0 Å². The Morgan fingerprint density at radius 1 is 1.07 bits per heavy atom. The minimum absolute atomic E-state index is 0.176. The quantitative estimate of drug-likeness (QED) is 0.500. The van der Waals surface area contributed by atoms with Gasteiger partial charge in [0, 0.05) is 30.8 Å². The summed E-state index contributed by atoms with van der Waals surface area (Å²) >= 11 is 6.17. The number of aromatic nitrogens is 1. The van der Waals surface area contributed by atoms with Gasteiger partial charge in [-0.1, -0.05) is 29.8 Å². The SMILES string of the molecule is NCc1cccc(-c2cc(C(=O)NC[C@H]3CC[C@H](CNC(=O)O)CC3)cc(Cl)n2)c1. The van der Waals surface area contributed by atoms with Gasteiger partial charge in [-0.3, -0.25) is 4.79 Å². The van der Waals surface area contributed by atoms with Gasteiger partial charge >= 0.3 is 6.09 Å². The molecule has 7 nitrogen and oxygen atoms in total. The number of rotatable bonds is 7. The number of benzene rings is 1. The second kappa shape index (κ2) is 10.4. The van der Waals surface area contributed by atoms with Crippen LogP contribution in [-0.2, 0) is 6.54 Å². The Balaban J connectivity index is 1.57. The molecule has 1 saturated carbocycles. The van der Waals surface area contributed by atoms with Crippen LogP contribution < -0.4 is 16.4 Å². The Morgan fingerprint density at radius 3 is 2.37 bits per heavy atom. The lowest BCUT2D eigenvalue weighted by Crippen LogP contribution is -2.34. The van der Waals surface area contributed by atoms with Gasteiger partial charge in [-0.25, -0.2) is 9.78 Å². The van der Waals surface area contributed by atoms with Crippen LogP contribution in [-0.4, -0.2) is 35.2 Å². The van der Waals surface area contributed by atoms with Crippen molar-refractivity contribution >= 4 is 23.6 Å². The standard InChI is InChI=1S/C22H27ClN4O3/c23-20-10-18(9-19(27-20)17-3-1-2-16(8-17)11-24)21(28)25-12-14-4-6-15(7-5-14)13-26-22(29)30/h1-3,8-10,14-15,26H,4-7,11-13,24H2,(H,25,28)(H,29,30)/t14-,15-. The van der Waals surface area contributed by atoms with Gasteiger partial charge in [-0.2, -0.15) is 0 Å². The molecule has 2 aromatic rings. The summed E-state index contributed by atoms with van der Waals surface area (Å²) in [6.45, 7) is 1.52. The topological polar surface area (TPSA) is 117 Å². The van der Waals surface area contributed by atoms with Crippen LogP contribution in [0.4, 0.5) is 4.79 Å². The van der Waals surface area contributed by atoms with Gasteiger partial charge in [0.2, 0.25) is 0 Å². The molecule has 1 fully saturated rings. The molecular weight excluding hydrogens is 404 g/mol. The zero-order valence-corrected chi connectivity index (χ0v) is 17.5. The first-order valence-corrected chi connectivity index (χ1v) is 10.5. The molecule has 2 amide bonds. The van der Waals surface area contributed by atoms with E-state index in [9.17, 15) is 9.59 Å². The van der Waals surface area contributed by atoms with Crippen LogP contribution in [0.2, 0.25) is 5.15 Å². The molecule has 30 heavy (non-hydrogen) atoms. The van der Waals surface area contributed by atoms with Gasteiger partial charge in [0.05, 0.1) is 5.69 Å². The highest BCUT2D eigenvalue weighted by atomic mass is 35.5. The molecule has 0 bridgehead atoms. The Labute approximate surface area is 181 Å². The van der Waals surface area contributed by atoms with Crippen molar-refractivity contribution in [3.63, 3.8) is 0 Å². The molecule has 3 rings (SSSR count). The maximum absolute atomic E-state index is 12.7. The van der Waals surface area contributed by atoms with E-state index in [1.165, 1.54) is 0 Å². The number of carboxylic acid groups (broad SMARTS) is 1. The van der Waals surface area contributed by atoms with Crippen molar-refractivity contribution < 1.29 is 14.7 Å². The molecule has 1 aromatic heterocycles. The lowest BCUT2D eigenvalue weighted by molar-refractivity contribution is 0.0940. The molecule has 0 unspecified atom stereocenters. The number of nitrogens with two attached hydrogens (primary N) is 1. The molecule has 0 spiro atoms. The first kappa shape index (κ1) is 22.1. The van der Waals surface area contributed by atoms with E-state index in [-0.39, 0.29) is 11.1 Å². The van der Waals surface area contributed by atoms with E-state index in [4.69, 9.17) is 22.4 Å². The number of carbonyl (C=O) groups excluding carboxylic acids is 1. The van der Waals surface area contributed by atoms with Crippen molar-refractivity contribution in [3.05, 3.63) is 52.7 Å². The third-order valence-corrected chi connectivity index (χ3v) is 5.77. The fourth-order valence-electron chi connectivity index (χ4n) is 3.84. The Hall–Kier alpha value is -2.64. The van der Waals surface area contributed by atoms with Crippen LogP contribution in [0.15, 0.2) is 36.4 Å². The number of hydrogen-bond donors (Lipinski definition) is 4. The van der Waals surface area contributed by atoms with Gasteiger partial charge in [0.1, 0.15) is 5.15 Å². The minimum Gasteiger partial charge on any atom is -0.465 e. The van der Waals surface area contributed by atoms with Gasteiger partial charge < -0.3 is 21.5 Å². The molecule has 0 radical (unpaired) electrons. The van der Waals surface area contributed by atoms with Crippen LogP contribution in [0.25, 0.3) is 11.3 Å². The zero-order chi connectivity index (χ0) is 21.5. The first-order chi connectivity index (χ1) is 14.4. The summed E-state index contributed by atoms with van der Waals surface area (Å²) in [7, 11) is 0. The summed E-state index contributed by atoms with van der Waals surface area (Å²) in [5, 5.41) is 14.4. The number of amides is 2. The molecule has 0 atom stereocenters. The lowest BCUT2D eigenvalue weighted by Gasteiger charge is -2.28. The zero-order valence-electron chi connectivity index (χ0n) is 16.7. The van der Waals surface area contributed by atoms with Crippen LogP contribution in [0.5, 0.6) is 0 Å². The van der Waals surface area contributed by atoms with Crippen molar-refractivity contribution in [3.8, 4) is 11.3 Å². The average Bonchev–Trinajstić information content (AvgIpc) is 2.76. The van der Waals surface area contributed by atoms with Crippen LogP contribution >= 0.6 is 11.6 Å². The Bertz CT molecular complexity index is 898. The monoisotopic (exact) mass is 430 g/mol. The molecule has 0 aliphatic heterocycles. The van der Waals surface area contributed by atoms with Crippen molar-refractivity contribution in [2.75, 3.05) is 13.1 Å². The summed E-state index contributed by atoms with van der Waals surface area (Å²) in [6.07, 6.45) is 2.89. The third-order valence-electron chi connectivity index (χ3n) is 5.57. The maximum Gasteiger partial charge on any atom is 0.404 e. The normalized spacial score (nSPS) is 18.6. The van der Waals surface area contributed by atoms with Crippen molar-refractivity contribution in [1.82, 2.24) is 15.6 Å². The predicted octanol–water partition coefficient (Wildman–Crippen LogP) is 3.66. The number of nitrogens with zero attached hydrogens (tertiary/aromatic N) is 1. The fraction of sp³-hybridized carbons (Fsp3) is 0.409. The molecule has 1 aliphatic rings. The van der Waals surface area contributed by atoms with E-state index in [2.05, 4.69) is 15.6 Å². The molecule has 1 aliphatic carbocycles. The van der Waals surface area contributed by atoms with Crippen LogP contribution in [0, 0.1) is 11.8 Å². The Morgan fingerprint density at radius 2 is 1.73 bits per heavy atom. The highest BCUT2D eigenvalue weighted by Crippen LogP contribution is 2.28. The van der Waals surface area contributed by atoms with Gasteiger partial charge in [-0.05, 0) is 61.3 Å². The lowest BCUT2D eigenvalue weighted by atomic mass is 9.82.